The smallest absolute Gasteiger partial charge is 0.410 e. The summed E-state index contributed by atoms with van der Waals surface area (Å²) in [7, 11) is 1.61. The molecular formula is C14H25NO3. The van der Waals surface area contributed by atoms with E-state index < -0.39 is 11.7 Å². The maximum absolute atomic E-state index is 11.9. The topological polar surface area (TPSA) is 46.6 Å². The highest BCUT2D eigenvalue weighted by molar-refractivity contribution is 5.84. The van der Waals surface area contributed by atoms with Crippen molar-refractivity contribution in [2.24, 2.45) is 5.41 Å². The lowest BCUT2D eigenvalue weighted by molar-refractivity contribution is -0.123. The second-order valence-electron chi connectivity index (χ2n) is 6.72. The van der Waals surface area contributed by atoms with Gasteiger partial charge in [-0.1, -0.05) is 13.3 Å². The minimum absolute atomic E-state index is 0.116. The fourth-order valence-corrected chi connectivity index (χ4v) is 2.16. The number of likely N-dealkylation sites (N-methyl/N-ethyl adjacent to an activating group) is 1. The van der Waals surface area contributed by atoms with Crippen molar-refractivity contribution in [1.29, 1.82) is 0 Å². The van der Waals surface area contributed by atoms with Crippen molar-refractivity contribution in [2.75, 3.05) is 13.6 Å². The number of carbonyl (C=O) groups excluding carboxylic acids is 2. The highest BCUT2D eigenvalue weighted by Gasteiger charge is 2.34. The van der Waals surface area contributed by atoms with Crippen LogP contribution in [0.1, 0.15) is 53.4 Å². The van der Waals surface area contributed by atoms with E-state index in [9.17, 15) is 9.59 Å². The van der Waals surface area contributed by atoms with E-state index in [-0.39, 0.29) is 17.7 Å². The zero-order valence-corrected chi connectivity index (χ0v) is 12.2. The zero-order chi connectivity index (χ0) is 14.0. The van der Waals surface area contributed by atoms with Crippen molar-refractivity contribution in [1.82, 2.24) is 4.90 Å². The van der Waals surface area contributed by atoms with Crippen molar-refractivity contribution in [3.05, 3.63) is 0 Å². The molecule has 0 aromatic heterocycles. The number of hydrogen-bond donors (Lipinski definition) is 0. The lowest BCUT2D eigenvalue weighted by Gasteiger charge is -2.38. The Bertz CT molecular complexity index is 326. The number of ketones is 1. The third kappa shape index (κ3) is 4.67. The third-order valence-electron chi connectivity index (χ3n) is 3.30. The van der Waals surface area contributed by atoms with E-state index in [1.807, 2.05) is 20.8 Å². The summed E-state index contributed by atoms with van der Waals surface area (Å²) in [4.78, 5) is 24.9. The van der Waals surface area contributed by atoms with Crippen LogP contribution in [-0.4, -0.2) is 36.0 Å². The van der Waals surface area contributed by atoms with Crippen molar-refractivity contribution in [3.63, 3.8) is 0 Å². The number of hydrogen-bond acceptors (Lipinski definition) is 3. The minimum atomic E-state index is -0.520. The molecule has 1 aliphatic rings. The zero-order valence-electron chi connectivity index (χ0n) is 12.2. The van der Waals surface area contributed by atoms with Crippen LogP contribution in [0.5, 0.6) is 0 Å². The molecule has 1 rings (SSSR count). The second-order valence-corrected chi connectivity index (χ2v) is 6.72. The molecule has 4 heteroatoms. The first-order valence-corrected chi connectivity index (χ1v) is 6.57. The Morgan fingerprint density at radius 3 is 2.22 bits per heavy atom. The summed E-state index contributed by atoms with van der Waals surface area (Å²) < 4.78 is 5.21. The minimum Gasteiger partial charge on any atom is -0.444 e. The van der Waals surface area contributed by atoms with Gasteiger partial charge >= 0.3 is 6.09 Å². The van der Waals surface area contributed by atoms with Crippen LogP contribution < -0.4 is 0 Å². The number of Topliss-reactive ketones (excluding diaryl/α,β-unsaturated/α-hetero) is 1. The third-order valence-corrected chi connectivity index (χ3v) is 3.30. The Balaban J connectivity index is 2.37. The molecule has 0 heterocycles. The number of rotatable bonds is 4. The van der Waals surface area contributed by atoms with Crippen LogP contribution >= 0.6 is 0 Å². The molecule has 0 aliphatic heterocycles. The van der Waals surface area contributed by atoms with Gasteiger partial charge in [-0.2, -0.15) is 0 Å². The van der Waals surface area contributed by atoms with Gasteiger partial charge in [-0.25, -0.2) is 4.79 Å². The summed E-state index contributed by atoms with van der Waals surface area (Å²) in [5.74, 6) is 0.116. The van der Waals surface area contributed by atoms with Gasteiger partial charge in [-0.05, 0) is 39.0 Å². The van der Waals surface area contributed by atoms with Gasteiger partial charge in [0.05, 0.1) is 6.54 Å². The van der Waals surface area contributed by atoms with E-state index in [1.165, 1.54) is 11.3 Å². The summed E-state index contributed by atoms with van der Waals surface area (Å²) in [6.07, 6.45) is 3.59. The van der Waals surface area contributed by atoms with Crippen molar-refractivity contribution in [3.8, 4) is 0 Å². The van der Waals surface area contributed by atoms with E-state index in [1.54, 1.807) is 7.05 Å². The first-order valence-electron chi connectivity index (χ1n) is 6.57. The van der Waals surface area contributed by atoms with Crippen LogP contribution in [-0.2, 0) is 9.53 Å². The Hall–Kier alpha value is -1.06. The summed E-state index contributed by atoms with van der Waals surface area (Å²) >= 11 is 0. The summed E-state index contributed by atoms with van der Waals surface area (Å²) in [6.45, 7) is 7.73. The molecule has 0 aromatic rings. The fourth-order valence-electron chi connectivity index (χ4n) is 2.16. The molecule has 1 aliphatic carbocycles. The van der Waals surface area contributed by atoms with E-state index in [2.05, 4.69) is 6.92 Å². The van der Waals surface area contributed by atoms with Gasteiger partial charge < -0.3 is 9.64 Å². The number of amides is 1. The predicted octanol–water partition coefficient (Wildman–Crippen LogP) is 3.00. The first kappa shape index (κ1) is 15.0. The fraction of sp³-hybridized carbons (Fsp3) is 0.857. The molecule has 4 nitrogen and oxygen atoms in total. The Labute approximate surface area is 110 Å². The van der Waals surface area contributed by atoms with E-state index in [0.29, 0.717) is 6.42 Å². The van der Waals surface area contributed by atoms with Gasteiger partial charge in [0, 0.05) is 13.5 Å². The lowest BCUT2D eigenvalue weighted by Crippen LogP contribution is -2.39. The average molecular weight is 255 g/mol. The molecule has 1 fully saturated rings. The normalized spacial score (nSPS) is 17.8. The maximum atomic E-state index is 11.9. The van der Waals surface area contributed by atoms with Crippen LogP contribution in [0, 0.1) is 5.41 Å². The van der Waals surface area contributed by atoms with E-state index in [0.717, 1.165) is 12.8 Å². The Morgan fingerprint density at radius 2 is 1.83 bits per heavy atom. The molecular weight excluding hydrogens is 230 g/mol. The van der Waals surface area contributed by atoms with Crippen molar-refractivity contribution in [2.45, 2.75) is 59.0 Å². The summed E-state index contributed by atoms with van der Waals surface area (Å²) in [5.41, 5.74) is -0.347. The Morgan fingerprint density at radius 1 is 1.28 bits per heavy atom. The van der Waals surface area contributed by atoms with Crippen LogP contribution in [0.25, 0.3) is 0 Å². The van der Waals surface area contributed by atoms with Gasteiger partial charge in [-0.15, -0.1) is 0 Å². The van der Waals surface area contributed by atoms with Gasteiger partial charge in [0.1, 0.15) is 5.60 Å². The largest absolute Gasteiger partial charge is 0.444 e. The monoisotopic (exact) mass is 255 g/mol. The maximum Gasteiger partial charge on any atom is 0.410 e. The van der Waals surface area contributed by atoms with Crippen LogP contribution in [0.15, 0.2) is 0 Å². The first-order chi connectivity index (χ1) is 8.11. The molecule has 1 amide bonds. The molecule has 0 radical (unpaired) electrons. The number of nitrogens with zero attached hydrogens (tertiary/aromatic N) is 1. The van der Waals surface area contributed by atoms with Gasteiger partial charge in [0.25, 0.3) is 0 Å². The van der Waals surface area contributed by atoms with E-state index in [4.69, 9.17) is 4.74 Å². The van der Waals surface area contributed by atoms with Gasteiger partial charge in [0.2, 0.25) is 0 Å². The SMILES string of the molecule is CN(CC(=O)CC1(C)CCC1)C(=O)OC(C)(C)C. The number of carbonyl (C=O) groups is 2. The van der Waals surface area contributed by atoms with E-state index >= 15 is 0 Å². The molecule has 18 heavy (non-hydrogen) atoms. The van der Waals surface area contributed by atoms with Gasteiger partial charge in [-0.3, -0.25) is 4.79 Å². The molecule has 0 bridgehead atoms. The molecule has 0 spiro atoms. The second kappa shape index (κ2) is 5.29. The molecule has 0 N–H and O–H groups in total. The van der Waals surface area contributed by atoms with Crippen molar-refractivity contribution < 1.29 is 14.3 Å². The molecule has 104 valence electrons. The molecule has 0 atom stereocenters. The molecule has 0 aromatic carbocycles. The Kier molecular flexibility index (Phi) is 4.41. The average Bonchev–Trinajstić information content (AvgIpc) is 2.12. The molecule has 0 unspecified atom stereocenters. The highest BCUT2D eigenvalue weighted by Crippen LogP contribution is 2.43. The lowest BCUT2D eigenvalue weighted by atomic mass is 9.67. The predicted molar refractivity (Wildman–Crippen MR) is 70.4 cm³/mol. The quantitative estimate of drug-likeness (QED) is 0.775. The standard InChI is InChI=1S/C14H25NO3/c1-13(2,3)18-12(17)15(5)10-11(16)9-14(4)7-6-8-14/h6-10H2,1-5H3. The van der Waals surface area contributed by atoms with Crippen LogP contribution in [0.2, 0.25) is 0 Å². The summed E-state index contributed by atoms with van der Waals surface area (Å²) in [5, 5.41) is 0. The molecule has 1 saturated carbocycles. The van der Waals surface area contributed by atoms with Crippen molar-refractivity contribution >= 4 is 11.9 Å². The molecule has 0 saturated heterocycles. The van der Waals surface area contributed by atoms with Gasteiger partial charge in [0.15, 0.2) is 5.78 Å². The highest BCUT2D eigenvalue weighted by atomic mass is 16.6. The van der Waals surface area contributed by atoms with Crippen LogP contribution in [0.3, 0.4) is 0 Å². The summed E-state index contributed by atoms with van der Waals surface area (Å²) in [6, 6.07) is 0. The number of ether oxygens (including phenoxy) is 1. The van der Waals surface area contributed by atoms with Crippen LogP contribution in [0.4, 0.5) is 4.79 Å².